The minimum atomic E-state index is -0.377. The highest BCUT2D eigenvalue weighted by Gasteiger charge is 2.44. The molecule has 28 heavy (non-hydrogen) atoms. The van der Waals surface area contributed by atoms with Gasteiger partial charge in [0, 0.05) is 6.54 Å². The van der Waals surface area contributed by atoms with E-state index in [4.69, 9.17) is 0 Å². The lowest BCUT2D eigenvalue weighted by Crippen LogP contribution is -2.48. The summed E-state index contributed by atoms with van der Waals surface area (Å²) in [6.07, 6.45) is 1.58. The smallest absolute Gasteiger partial charge is 0.349 e. The largest absolute Gasteiger partial charge is 0.842 e. The number of carbonyl (C=O) groups is 1. The Kier molecular flexibility index (Phi) is 3.62. The molecule has 1 amide bonds. The number of aromatic nitrogens is 2. The van der Waals surface area contributed by atoms with E-state index in [0.717, 1.165) is 12.8 Å². The van der Waals surface area contributed by atoms with Crippen LogP contribution in [-0.4, -0.2) is 21.9 Å². The standard InChI is InChI=1S/C22H19N3O3/c1-23-19-17-12-7-13-24(17)20(26)15-10-5-6-11-16(15)25(19)22(28)18(21(23)27)14-8-3-2-4-9-14/h2-6,8-11,17H,7,12-13H2,1H3/t17-/m0/s1. The molecule has 6 heteroatoms. The summed E-state index contributed by atoms with van der Waals surface area (Å²) in [5.41, 5.74) is 1.36. The van der Waals surface area contributed by atoms with Crippen molar-refractivity contribution in [3.8, 4) is 22.7 Å². The third kappa shape index (κ3) is 2.17. The predicted octanol–water partition coefficient (Wildman–Crippen LogP) is 1.69. The van der Waals surface area contributed by atoms with E-state index in [1.165, 1.54) is 0 Å². The molecule has 2 aliphatic heterocycles. The molecule has 1 atom stereocenters. The second-order valence-corrected chi connectivity index (χ2v) is 7.28. The molecule has 0 N–H and O–H groups in total. The fourth-order valence-corrected chi connectivity index (χ4v) is 4.47. The van der Waals surface area contributed by atoms with Crippen LogP contribution in [0.1, 0.15) is 35.1 Å². The zero-order chi connectivity index (χ0) is 19.4. The van der Waals surface area contributed by atoms with Gasteiger partial charge in [0.15, 0.2) is 0 Å². The fraction of sp³-hybridized carbons (Fsp3) is 0.227. The number of benzene rings is 2. The first-order valence-corrected chi connectivity index (χ1v) is 9.41. The van der Waals surface area contributed by atoms with Gasteiger partial charge in [-0.05, 0) is 30.5 Å². The lowest BCUT2D eigenvalue weighted by molar-refractivity contribution is -0.725. The third-order valence-electron chi connectivity index (χ3n) is 5.76. The summed E-state index contributed by atoms with van der Waals surface area (Å²) in [7, 11) is 1.69. The third-order valence-corrected chi connectivity index (χ3v) is 5.76. The summed E-state index contributed by atoms with van der Waals surface area (Å²) in [5, 5.41) is 13.2. The van der Waals surface area contributed by atoms with Crippen molar-refractivity contribution in [1.82, 2.24) is 9.47 Å². The zero-order valence-corrected chi connectivity index (χ0v) is 15.5. The molecule has 1 aromatic heterocycles. The number of para-hydroxylation sites is 1. The number of carbonyl (C=O) groups excluding carboxylic acids is 1. The van der Waals surface area contributed by atoms with Gasteiger partial charge in [0.1, 0.15) is 17.3 Å². The molecule has 0 spiro atoms. The first-order valence-electron chi connectivity index (χ1n) is 9.41. The first kappa shape index (κ1) is 16.7. The highest BCUT2D eigenvalue weighted by Crippen LogP contribution is 2.37. The molecule has 0 aliphatic carbocycles. The minimum Gasteiger partial charge on any atom is -0.842 e. The van der Waals surface area contributed by atoms with Gasteiger partial charge in [-0.25, -0.2) is 9.36 Å². The van der Waals surface area contributed by atoms with Gasteiger partial charge in [0.2, 0.25) is 0 Å². The van der Waals surface area contributed by atoms with Crippen LogP contribution in [0.25, 0.3) is 16.8 Å². The molecule has 2 aromatic carbocycles. The van der Waals surface area contributed by atoms with Crippen molar-refractivity contribution in [2.45, 2.75) is 18.9 Å². The van der Waals surface area contributed by atoms with E-state index in [9.17, 15) is 14.7 Å². The highest BCUT2D eigenvalue weighted by atomic mass is 16.3. The molecule has 2 aliphatic rings. The summed E-state index contributed by atoms with van der Waals surface area (Å²) >= 11 is 0. The Labute approximate surface area is 161 Å². The molecule has 0 saturated carbocycles. The van der Waals surface area contributed by atoms with Crippen LogP contribution in [0, 0.1) is 0 Å². The zero-order valence-electron chi connectivity index (χ0n) is 15.5. The molecule has 140 valence electrons. The topological polar surface area (TPSA) is 69.2 Å². The molecular weight excluding hydrogens is 354 g/mol. The number of rotatable bonds is 1. The summed E-state index contributed by atoms with van der Waals surface area (Å²) in [6.45, 7) is 0.626. The Morgan fingerprint density at radius 2 is 1.75 bits per heavy atom. The summed E-state index contributed by atoms with van der Waals surface area (Å²) in [6, 6.07) is 15.9. The summed E-state index contributed by atoms with van der Waals surface area (Å²) < 4.78 is 3.12. The summed E-state index contributed by atoms with van der Waals surface area (Å²) in [4.78, 5) is 28.6. The Balaban J connectivity index is 1.93. The van der Waals surface area contributed by atoms with Crippen molar-refractivity contribution in [3.05, 3.63) is 76.3 Å². The van der Waals surface area contributed by atoms with Crippen molar-refractivity contribution in [1.29, 1.82) is 0 Å². The van der Waals surface area contributed by atoms with Crippen molar-refractivity contribution in [2.24, 2.45) is 7.05 Å². The molecule has 1 fully saturated rings. The van der Waals surface area contributed by atoms with E-state index in [-0.39, 0.29) is 29.0 Å². The van der Waals surface area contributed by atoms with Crippen LogP contribution in [0.3, 0.4) is 0 Å². The lowest BCUT2D eigenvalue weighted by atomic mass is 10.1. The Hall–Kier alpha value is -3.41. The van der Waals surface area contributed by atoms with Gasteiger partial charge >= 0.3 is 5.56 Å². The van der Waals surface area contributed by atoms with E-state index in [1.54, 1.807) is 63.5 Å². The van der Waals surface area contributed by atoms with Crippen LogP contribution in [-0.2, 0) is 7.05 Å². The van der Waals surface area contributed by atoms with Gasteiger partial charge in [-0.1, -0.05) is 42.5 Å². The number of nitrogens with zero attached hydrogens (tertiary/aromatic N) is 3. The minimum absolute atomic E-state index is 0.0880. The van der Waals surface area contributed by atoms with Gasteiger partial charge < -0.3 is 10.0 Å². The number of fused-ring (bicyclic) bond motifs is 5. The van der Waals surface area contributed by atoms with E-state index in [2.05, 4.69) is 0 Å². The first-order chi connectivity index (χ1) is 13.6. The van der Waals surface area contributed by atoms with Gasteiger partial charge in [-0.2, -0.15) is 4.57 Å². The Bertz CT molecular complexity index is 1170. The Morgan fingerprint density at radius 1 is 1.04 bits per heavy atom. The van der Waals surface area contributed by atoms with Gasteiger partial charge in [-0.3, -0.25) is 4.79 Å². The van der Waals surface area contributed by atoms with E-state index >= 15 is 0 Å². The average molecular weight is 373 g/mol. The number of hydrogen-bond acceptors (Lipinski definition) is 3. The van der Waals surface area contributed by atoms with Crippen molar-refractivity contribution < 1.29 is 14.5 Å². The molecule has 5 rings (SSSR count). The summed E-state index contributed by atoms with van der Waals surface area (Å²) in [5.74, 6) is 0.154. The monoisotopic (exact) mass is 373 g/mol. The van der Waals surface area contributed by atoms with Crippen molar-refractivity contribution >= 4 is 5.91 Å². The van der Waals surface area contributed by atoms with Gasteiger partial charge in [0.25, 0.3) is 11.7 Å². The Morgan fingerprint density at radius 3 is 2.54 bits per heavy atom. The molecule has 0 radical (unpaired) electrons. The molecule has 6 nitrogen and oxygen atoms in total. The average Bonchev–Trinajstić information content (AvgIpc) is 3.17. The van der Waals surface area contributed by atoms with Crippen LogP contribution in [0.4, 0.5) is 0 Å². The second-order valence-electron chi connectivity index (χ2n) is 7.28. The molecule has 3 aromatic rings. The van der Waals surface area contributed by atoms with Crippen LogP contribution in [0.5, 0.6) is 5.88 Å². The normalized spacial score (nSPS) is 17.7. The maximum Gasteiger partial charge on any atom is 0.349 e. The molecule has 0 unspecified atom stereocenters. The maximum absolute atomic E-state index is 13.6. The van der Waals surface area contributed by atoms with Crippen LogP contribution >= 0.6 is 0 Å². The SMILES string of the molecule is C[n+]1c([O-])c(-c2ccccc2)c(=O)n2c1[C@@H]1CCCN1C(=O)c1ccccc1-2. The van der Waals surface area contributed by atoms with Gasteiger partial charge in [0.05, 0.1) is 18.5 Å². The lowest BCUT2D eigenvalue weighted by Gasteiger charge is -2.23. The molecule has 1 saturated heterocycles. The van der Waals surface area contributed by atoms with Crippen LogP contribution in [0.15, 0.2) is 59.4 Å². The van der Waals surface area contributed by atoms with Crippen LogP contribution in [0.2, 0.25) is 0 Å². The maximum atomic E-state index is 13.6. The predicted molar refractivity (Wildman–Crippen MR) is 101 cm³/mol. The number of hydrogen-bond donors (Lipinski definition) is 0. The van der Waals surface area contributed by atoms with E-state index in [1.807, 2.05) is 12.1 Å². The van der Waals surface area contributed by atoms with Crippen LogP contribution < -0.4 is 15.2 Å². The highest BCUT2D eigenvalue weighted by molar-refractivity contribution is 5.98. The van der Waals surface area contributed by atoms with Crippen molar-refractivity contribution in [3.63, 3.8) is 0 Å². The quantitative estimate of drug-likeness (QED) is 0.610. The fourth-order valence-electron chi connectivity index (χ4n) is 4.47. The van der Waals surface area contributed by atoms with E-state index in [0.29, 0.717) is 29.2 Å². The van der Waals surface area contributed by atoms with Gasteiger partial charge in [-0.15, -0.1) is 0 Å². The molecule has 0 bridgehead atoms. The molecular formula is C22H19N3O3. The molecule has 3 heterocycles. The second kappa shape index (κ2) is 6.05. The number of amides is 1. The van der Waals surface area contributed by atoms with E-state index < -0.39 is 0 Å². The van der Waals surface area contributed by atoms with Crippen molar-refractivity contribution in [2.75, 3.05) is 6.54 Å².